The molecule has 0 bridgehead atoms. The molecule has 0 aromatic carbocycles. The number of hydrogen-bond donors (Lipinski definition) is 1. The molecule has 0 spiro atoms. The smallest absolute Gasteiger partial charge is 0.271 e. The van der Waals surface area contributed by atoms with E-state index in [2.05, 4.69) is 15.3 Å². The fourth-order valence-electron chi connectivity index (χ4n) is 2.18. The van der Waals surface area contributed by atoms with Crippen LogP contribution in [0.1, 0.15) is 23.8 Å². The van der Waals surface area contributed by atoms with Crippen molar-refractivity contribution in [2.45, 2.75) is 19.9 Å². The summed E-state index contributed by atoms with van der Waals surface area (Å²) in [6, 6.07) is 2.86. The molecule has 0 aliphatic carbocycles. The first kappa shape index (κ1) is 15.7. The number of carbonyl (C=O) groups is 1. The Kier molecular flexibility index (Phi) is 5.89. The van der Waals surface area contributed by atoms with E-state index in [1.807, 2.05) is 6.92 Å². The molecule has 21 heavy (non-hydrogen) atoms. The van der Waals surface area contributed by atoms with Crippen molar-refractivity contribution >= 4 is 5.91 Å². The molecule has 116 valence electrons. The maximum atomic E-state index is 12.0. The summed E-state index contributed by atoms with van der Waals surface area (Å²) in [6.07, 6.45) is 0.801. The Balaban J connectivity index is 1.85. The lowest BCUT2D eigenvalue weighted by Crippen LogP contribution is -2.41. The highest BCUT2D eigenvalue weighted by atomic mass is 16.5. The molecule has 0 atom stereocenters. The Morgan fingerprint density at radius 2 is 2.10 bits per heavy atom. The molecule has 1 N–H and O–H groups in total. The van der Waals surface area contributed by atoms with Crippen LogP contribution in [0.5, 0.6) is 0 Å². The molecular formula is C14H22N4O3. The molecule has 1 aliphatic rings. The highest BCUT2D eigenvalue weighted by Crippen LogP contribution is 1.96. The summed E-state index contributed by atoms with van der Waals surface area (Å²) in [5.74, 6) is -0.242. The first-order valence-corrected chi connectivity index (χ1v) is 7.37. The summed E-state index contributed by atoms with van der Waals surface area (Å²) in [4.78, 5) is 25.8. The van der Waals surface area contributed by atoms with E-state index in [0.29, 0.717) is 13.1 Å². The zero-order valence-electron chi connectivity index (χ0n) is 12.4. The molecule has 1 fully saturated rings. The molecule has 1 aliphatic heterocycles. The summed E-state index contributed by atoms with van der Waals surface area (Å²) >= 11 is 0. The number of amides is 1. The van der Waals surface area contributed by atoms with Gasteiger partial charge in [0.25, 0.3) is 11.5 Å². The molecule has 2 heterocycles. The summed E-state index contributed by atoms with van der Waals surface area (Å²) in [5.41, 5.74) is 0.103. The zero-order chi connectivity index (χ0) is 15.1. The van der Waals surface area contributed by atoms with Gasteiger partial charge in [-0.25, -0.2) is 4.68 Å². The third-order valence-corrected chi connectivity index (χ3v) is 3.35. The maximum Gasteiger partial charge on any atom is 0.271 e. The zero-order valence-corrected chi connectivity index (χ0v) is 12.4. The molecule has 1 saturated heterocycles. The number of nitrogens with one attached hydrogen (secondary N) is 1. The van der Waals surface area contributed by atoms with Crippen LogP contribution in [0, 0.1) is 0 Å². The number of morpholine rings is 1. The maximum absolute atomic E-state index is 12.0. The van der Waals surface area contributed by atoms with Crippen molar-refractivity contribution in [3.8, 4) is 0 Å². The monoisotopic (exact) mass is 294 g/mol. The Morgan fingerprint density at radius 1 is 1.33 bits per heavy atom. The topological polar surface area (TPSA) is 76.5 Å². The van der Waals surface area contributed by atoms with Crippen LogP contribution in [0.2, 0.25) is 0 Å². The average Bonchev–Trinajstić information content (AvgIpc) is 2.50. The largest absolute Gasteiger partial charge is 0.379 e. The second-order valence-corrected chi connectivity index (χ2v) is 4.99. The van der Waals surface area contributed by atoms with Gasteiger partial charge in [-0.3, -0.25) is 14.5 Å². The molecule has 0 saturated carbocycles. The number of ether oxygens (including phenoxy) is 1. The quantitative estimate of drug-likeness (QED) is 0.780. The second-order valence-electron chi connectivity index (χ2n) is 4.99. The third-order valence-electron chi connectivity index (χ3n) is 3.35. The van der Waals surface area contributed by atoms with E-state index in [9.17, 15) is 9.59 Å². The Bertz CT molecular complexity index is 523. The van der Waals surface area contributed by atoms with Crippen LogP contribution in [-0.2, 0) is 11.3 Å². The lowest BCUT2D eigenvalue weighted by atomic mass is 10.3. The minimum Gasteiger partial charge on any atom is -0.379 e. The van der Waals surface area contributed by atoms with Crippen LogP contribution >= 0.6 is 0 Å². The molecule has 7 heteroatoms. The number of carbonyl (C=O) groups excluding carboxylic acids is 1. The van der Waals surface area contributed by atoms with Crippen LogP contribution in [0.4, 0.5) is 0 Å². The van der Waals surface area contributed by atoms with Crippen molar-refractivity contribution in [1.29, 1.82) is 0 Å². The molecule has 1 amide bonds. The Morgan fingerprint density at radius 3 is 2.81 bits per heavy atom. The highest BCUT2D eigenvalue weighted by molar-refractivity contribution is 5.91. The van der Waals surface area contributed by atoms with E-state index in [0.717, 1.165) is 39.3 Å². The van der Waals surface area contributed by atoms with Gasteiger partial charge >= 0.3 is 0 Å². The fourth-order valence-corrected chi connectivity index (χ4v) is 2.18. The number of hydrogen-bond acceptors (Lipinski definition) is 5. The first-order chi connectivity index (χ1) is 10.2. The average molecular weight is 294 g/mol. The van der Waals surface area contributed by atoms with Gasteiger partial charge in [-0.05, 0) is 12.5 Å². The van der Waals surface area contributed by atoms with Crippen molar-refractivity contribution in [2.75, 3.05) is 39.4 Å². The standard InChI is InChI=1S/C14H22N4O3/c1-2-6-18-13(19)4-3-12(16-18)14(20)15-5-7-17-8-10-21-11-9-17/h3-4H,2,5-11H2,1H3,(H,15,20). The summed E-state index contributed by atoms with van der Waals surface area (Å²) in [5, 5.41) is 6.92. The number of rotatable bonds is 6. The fraction of sp³-hybridized carbons (Fsp3) is 0.643. The number of aromatic nitrogens is 2. The van der Waals surface area contributed by atoms with E-state index in [1.165, 1.54) is 16.8 Å². The van der Waals surface area contributed by atoms with Gasteiger partial charge in [0.2, 0.25) is 0 Å². The van der Waals surface area contributed by atoms with Gasteiger partial charge in [0.15, 0.2) is 0 Å². The van der Waals surface area contributed by atoms with Crippen LogP contribution < -0.4 is 10.9 Å². The van der Waals surface area contributed by atoms with Gasteiger partial charge in [-0.2, -0.15) is 5.10 Å². The predicted octanol–water partition coefficient (Wildman–Crippen LogP) is -0.285. The number of nitrogens with zero attached hydrogens (tertiary/aromatic N) is 3. The molecule has 7 nitrogen and oxygen atoms in total. The molecule has 1 aromatic rings. The van der Waals surface area contributed by atoms with Gasteiger partial charge in [-0.15, -0.1) is 0 Å². The van der Waals surface area contributed by atoms with Gasteiger partial charge in [0, 0.05) is 38.8 Å². The van der Waals surface area contributed by atoms with Gasteiger partial charge in [0.1, 0.15) is 5.69 Å². The second kappa shape index (κ2) is 7.90. The SMILES string of the molecule is CCCn1nc(C(=O)NCCN2CCOCC2)ccc1=O. The summed E-state index contributed by atoms with van der Waals surface area (Å²) in [6.45, 7) is 7.13. The van der Waals surface area contributed by atoms with Crippen LogP contribution in [0.25, 0.3) is 0 Å². The van der Waals surface area contributed by atoms with E-state index < -0.39 is 0 Å². The van der Waals surface area contributed by atoms with Gasteiger partial charge in [-0.1, -0.05) is 6.92 Å². The van der Waals surface area contributed by atoms with Gasteiger partial charge < -0.3 is 10.1 Å². The van der Waals surface area contributed by atoms with Crippen molar-refractivity contribution in [1.82, 2.24) is 20.0 Å². The molecule has 0 unspecified atom stereocenters. The van der Waals surface area contributed by atoms with E-state index in [1.54, 1.807) is 0 Å². The van der Waals surface area contributed by atoms with E-state index >= 15 is 0 Å². The number of aryl methyl sites for hydroxylation is 1. The first-order valence-electron chi connectivity index (χ1n) is 7.37. The van der Waals surface area contributed by atoms with Crippen molar-refractivity contribution in [3.63, 3.8) is 0 Å². The normalized spacial score (nSPS) is 15.9. The third kappa shape index (κ3) is 4.64. The van der Waals surface area contributed by atoms with E-state index in [4.69, 9.17) is 4.74 Å². The lowest BCUT2D eigenvalue weighted by molar-refractivity contribution is 0.0383. The van der Waals surface area contributed by atoms with Crippen molar-refractivity contribution in [2.24, 2.45) is 0 Å². The minimum absolute atomic E-state index is 0.179. The molecule has 2 rings (SSSR count). The lowest BCUT2D eigenvalue weighted by Gasteiger charge is -2.26. The Labute approximate surface area is 123 Å². The highest BCUT2D eigenvalue weighted by Gasteiger charge is 2.12. The van der Waals surface area contributed by atoms with Crippen molar-refractivity contribution < 1.29 is 9.53 Å². The summed E-state index contributed by atoms with van der Waals surface area (Å²) in [7, 11) is 0. The summed E-state index contributed by atoms with van der Waals surface area (Å²) < 4.78 is 6.60. The molecule has 1 aromatic heterocycles. The Hall–Kier alpha value is -1.73. The molecule has 0 radical (unpaired) electrons. The minimum atomic E-state index is -0.242. The molecular weight excluding hydrogens is 272 g/mol. The van der Waals surface area contributed by atoms with Crippen LogP contribution in [0.3, 0.4) is 0 Å². The van der Waals surface area contributed by atoms with Crippen molar-refractivity contribution in [3.05, 3.63) is 28.2 Å². The van der Waals surface area contributed by atoms with E-state index in [-0.39, 0.29) is 17.2 Å². The van der Waals surface area contributed by atoms with Gasteiger partial charge in [0.05, 0.1) is 13.2 Å². The predicted molar refractivity (Wildman–Crippen MR) is 78.4 cm³/mol. The van der Waals surface area contributed by atoms with Crippen LogP contribution in [0.15, 0.2) is 16.9 Å². The van der Waals surface area contributed by atoms with Crippen LogP contribution in [-0.4, -0.2) is 60.0 Å².